The summed E-state index contributed by atoms with van der Waals surface area (Å²) in [4.78, 5) is 26.7. The van der Waals surface area contributed by atoms with Crippen LogP contribution in [0.3, 0.4) is 0 Å². The van der Waals surface area contributed by atoms with Gasteiger partial charge in [-0.25, -0.2) is 4.79 Å². The minimum absolute atomic E-state index is 0.0835. The Morgan fingerprint density at radius 2 is 1.65 bits per heavy atom. The molecule has 2 heterocycles. The summed E-state index contributed by atoms with van der Waals surface area (Å²) in [6, 6.07) is 20.9. The van der Waals surface area contributed by atoms with Gasteiger partial charge in [-0.15, -0.1) is 10.2 Å². The van der Waals surface area contributed by atoms with Crippen molar-refractivity contribution in [3.8, 4) is 0 Å². The van der Waals surface area contributed by atoms with Gasteiger partial charge < -0.3 is 15.0 Å². The molecule has 2 aromatic carbocycles. The number of carbonyl (C=O) groups is 2. The molecule has 0 unspecified atom stereocenters. The van der Waals surface area contributed by atoms with Crippen molar-refractivity contribution in [1.29, 1.82) is 0 Å². The van der Waals surface area contributed by atoms with Gasteiger partial charge in [-0.05, 0) is 48.6 Å². The Kier molecular flexibility index (Phi) is 6.52. The van der Waals surface area contributed by atoms with E-state index in [0.717, 1.165) is 42.9 Å². The molecule has 31 heavy (non-hydrogen) atoms. The molecule has 1 aliphatic heterocycles. The standard InChI is InChI=1S/C24H24N4O3/c29-23(25-20-11-5-4-10-19(20)16-18-8-2-1-3-9-18)17-31-24(30)21-12-13-22(27-26-21)28-14-6-7-15-28/h1-5,8-13H,6-7,14-17H2,(H,25,29). The first-order chi connectivity index (χ1) is 15.2. The fraction of sp³-hybridized carbons (Fsp3) is 0.250. The Labute approximate surface area is 181 Å². The van der Waals surface area contributed by atoms with Crippen LogP contribution in [0.15, 0.2) is 66.7 Å². The maximum Gasteiger partial charge on any atom is 0.359 e. The molecule has 1 aliphatic rings. The molecule has 1 N–H and O–H groups in total. The first kappa shape index (κ1) is 20.5. The van der Waals surface area contributed by atoms with E-state index in [1.165, 1.54) is 0 Å². The monoisotopic (exact) mass is 416 g/mol. The molecule has 3 aromatic rings. The third-order valence-corrected chi connectivity index (χ3v) is 5.15. The molecule has 7 heteroatoms. The average molecular weight is 416 g/mol. The molecule has 1 fully saturated rings. The Morgan fingerprint density at radius 1 is 0.903 bits per heavy atom. The number of para-hydroxylation sites is 1. The van der Waals surface area contributed by atoms with Crippen LogP contribution in [-0.4, -0.2) is 41.8 Å². The topological polar surface area (TPSA) is 84.4 Å². The molecule has 1 aromatic heterocycles. The molecule has 1 amide bonds. The van der Waals surface area contributed by atoms with E-state index in [0.29, 0.717) is 12.1 Å². The smallest absolute Gasteiger partial charge is 0.359 e. The number of esters is 1. The normalized spacial score (nSPS) is 13.1. The molecule has 1 saturated heterocycles. The van der Waals surface area contributed by atoms with Crippen LogP contribution in [0.5, 0.6) is 0 Å². The number of nitrogens with zero attached hydrogens (tertiary/aromatic N) is 3. The molecule has 4 rings (SSSR count). The highest BCUT2D eigenvalue weighted by atomic mass is 16.5. The number of carbonyl (C=O) groups excluding carboxylic acids is 2. The highest BCUT2D eigenvalue weighted by molar-refractivity contribution is 5.95. The number of ether oxygens (including phenoxy) is 1. The minimum atomic E-state index is -0.673. The number of hydrogen-bond acceptors (Lipinski definition) is 6. The lowest BCUT2D eigenvalue weighted by atomic mass is 10.0. The Balaban J connectivity index is 1.31. The number of amides is 1. The Morgan fingerprint density at radius 3 is 2.39 bits per heavy atom. The van der Waals surface area contributed by atoms with Crippen molar-refractivity contribution in [3.05, 3.63) is 83.6 Å². The number of rotatable bonds is 7. The van der Waals surface area contributed by atoms with Gasteiger partial charge in [-0.2, -0.15) is 0 Å². The first-order valence-electron chi connectivity index (χ1n) is 10.4. The summed E-state index contributed by atoms with van der Waals surface area (Å²) in [5.74, 6) is -0.328. The van der Waals surface area contributed by atoms with Gasteiger partial charge in [0.1, 0.15) is 0 Å². The number of aromatic nitrogens is 2. The van der Waals surface area contributed by atoms with Crippen molar-refractivity contribution in [2.45, 2.75) is 19.3 Å². The van der Waals surface area contributed by atoms with Crippen LogP contribution >= 0.6 is 0 Å². The summed E-state index contributed by atoms with van der Waals surface area (Å²) < 4.78 is 5.12. The van der Waals surface area contributed by atoms with Crippen molar-refractivity contribution in [2.24, 2.45) is 0 Å². The van der Waals surface area contributed by atoms with Crippen LogP contribution in [0, 0.1) is 0 Å². The van der Waals surface area contributed by atoms with E-state index >= 15 is 0 Å². The average Bonchev–Trinajstić information content (AvgIpc) is 3.35. The Bertz CT molecular complexity index is 1030. The maximum absolute atomic E-state index is 12.3. The quantitative estimate of drug-likeness (QED) is 0.594. The predicted octanol–water partition coefficient (Wildman–Crippen LogP) is 3.46. The zero-order valence-electron chi connectivity index (χ0n) is 17.2. The van der Waals surface area contributed by atoms with E-state index in [9.17, 15) is 9.59 Å². The zero-order valence-corrected chi connectivity index (χ0v) is 17.2. The molecule has 0 spiro atoms. The largest absolute Gasteiger partial charge is 0.451 e. The molecule has 0 atom stereocenters. The van der Waals surface area contributed by atoms with E-state index in [-0.39, 0.29) is 5.69 Å². The highest BCUT2D eigenvalue weighted by Crippen LogP contribution is 2.19. The van der Waals surface area contributed by atoms with E-state index in [2.05, 4.69) is 20.4 Å². The molecule has 7 nitrogen and oxygen atoms in total. The molecule has 0 saturated carbocycles. The second-order valence-corrected chi connectivity index (χ2v) is 7.41. The summed E-state index contributed by atoms with van der Waals surface area (Å²) in [5.41, 5.74) is 2.91. The summed E-state index contributed by atoms with van der Waals surface area (Å²) in [7, 11) is 0. The van der Waals surface area contributed by atoms with Crippen molar-refractivity contribution in [1.82, 2.24) is 10.2 Å². The second-order valence-electron chi connectivity index (χ2n) is 7.41. The summed E-state index contributed by atoms with van der Waals surface area (Å²) in [5, 5.41) is 10.9. The predicted molar refractivity (Wildman–Crippen MR) is 118 cm³/mol. The van der Waals surface area contributed by atoms with Gasteiger partial charge >= 0.3 is 5.97 Å². The second kappa shape index (κ2) is 9.84. The van der Waals surface area contributed by atoms with Crippen LogP contribution in [0.4, 0.5) is 11.5 Å². The lowest BCUT2D eigenvalue weighted by molar-refractivity contribution is -0.119. The lowest BCUT2D eigenvalue weighted by Gasteiger charge is -2.15. The first-order valence-corrected chi connectivity index (χ1v) is 10.4. The number of nitrogens with one attached hydrogen (secondary N) is 1. The molecule has 0 bridgehead atoms. The van der Waals surface area contributed by atoms with E-state index in [1.54, 1.807) is 12.1 Å². The van der Waals surface area contributed by atoms with Crippen LogP contribution < -0.4 is 10.2 Å². The highest BCUT2D eigenvalue weighted by Gasteiger charge is 2.17. The summed E-state index contributed by atoms with van der Waals surface area (Å²) in [6.45, 7) is 1.50. The molecule has 158 valence electrons. The minimum Gasteiger partial charge on any atom is -0.451 e. The van der Waals surface area contributed by atoms with Crippen molar-refractivity contribution in [2.75, 3.05) is 29.9 Å². The van der Waals surface area contributed by atoms with Gasteiger partial charge in [-0.3, -0.25) is 4.79 Å². The molecular formula is C24H24N4O3. The fourth-order valence-corrected chi connectivity index (χ4v) is 3.55. The maximum atomic E-state index is 12.3. The molecule has 0 radical (unpaired) electrons. The van der Waals surface area contributed by atoms with Gasteiger partial charge in [-0.1, -0.05) is 48.5 Å². The lowest BCUT2D eigenvalue weighted by Crippen LogP contribution is -2.23. The number of anilines is 2. The third kappa shape index (κ3) is 5.45. The number of hydrogen-bond donors (Lipinski definition) is 1. The van der Waals surface area contributed by atoms with Crippen LogP contribution in [0.25, 0.3) is 0 Å². The van der Waals surface area contributed by atoms with Gasteiger partial charge in [0, 0.05) is 18.8 Å². The summed E-state index contributed by atoms with van der Waals surface area (Å²) >= 11 is 0. The molecular weight excluding hydrogens is 392 g/mol. The third-order valence-electron chi connectivity index (χ3n) is 5.15. The summed E-state index contributed by atoms with van der Waals surface area (Å²) in [6.07, 6.45) is 2.96. The van der Waals surface area contributed by atoms with Crippen molar-refractivity contribution < 1.29 is 14.3 Å². The van der Waals surface area contributed by atoms with Crippen LogP contribution in [-0.2, 0) is 16.0 Å². The Hall–Kier alpha value is -3.74. The fourth-order valence-electron chi connectivity index (χ4n) is 3.55. The molecule has 0 aliphatic carbocycles. The van der Waals surface area contributed by atoms with Gasteiger partial charge in [0.25, 0.3) is 5.91 Å². The van der Waals surface area contributed by atoms with E-state index in [4.69, 9.17) is 4.74 Å². The van der Waals surface area contributed by atoms with Crippen LogP contribution in [0.2, 0.25) is 0 Å². The SMILES string of the molecule is O=C(COC(=O)c1ccc(N2CCCC2)nn1)Nc1ccccc1Cc1ccccc1. The van der Waals surface area contributed by atoms with Gasteiger partial charge in [0.15, 0.2) is 18.1 Å². The van der Waals surface area contributed by atoms with Crippen LogP contribution in [0.1, 0.15) is 34.5 Å². The van der Waals surface area contributed by atoms with E-state index in [1.807, 2.05) is 54.6 Å². The van der Waals surface area contributed by atoms with E-state index < -0.39 is 18.5 Å². The van der Waals surface area contributed by atoms with Crippen molar-refractivity contribution in [3.63, 3.8) is 0 Å². The van der Waals surface area contributed by atoms with Gasteiger partial charge in [0.05, 0.1) is 0 Å². The van der Waals surface area contributed by atoms with Gasteiger partial charge in [0.2, 0.25) is 0 Å². The number of benzene rings is 2. The van der Waals surface area contributed by atoms with Crippen molar-refractivity contribution >= 4 is 23.4 Å². The zero-order chi connectivity index (χ0) is 21.5.